The van der Waals surface area contributed by atoms with E-state index in [9.17, 15) is 13.2 Å². The van der Waals surface area contributed by atoms with Crippen LogP contribution in [-0.4, -0.2) is 37.1 Å². The second kappa shape index (κ2) is 9.19. The second-order valence-electron chi connectivity index (χ2n) is 9.93. The van der Waals surface area contributed by atoms with Crippen molar-refractivity contribution in [2.45, 2.75) is 57.4 Å². The van der Waals surface area contributed by atoms with Crippen molar-refractivity contribution >= 4 is 21.6 Å². The summed E-state index contributed by atoms with van der Waals surface area (Å²) in [6.45, 7) is 11.1. The maximum atomic E-state index is 12.9. The first kappa shape index (κ1) is 25.4. The molecule has 0 aliphatic rings. The second-order valence-corrected chi connectivity index (χ2v) is 11.6. The largest absolute Gasteiger partial charge is 0.495 e. The number of aromatic nitrogens is 2. The molecular weight excluding hydrogens is 456 g/mol. The normalized spacial score (nSPS) is 12.4. The standard InChI is InChI=1S/C24H30N4O5S/c1-23(2,3)22-26-20(27-33-22)15-8-11-17(12-9-15)25-21(29)16-10-13-18(32-7)19(14-16)34(30,31)28-24(4,5)6/h8-14,28H,1-7H3,(H,25,29). The van der Waals surface area contributed by atoms with Crippen LogP contribution in [0.25, 0.3) is 11.4 Å². The Hall–Kier alpha value is -3.24. The van der Waals surface area contributed by atoms with E-state index in [1.807, 2.05) is 20.8 Å². The molecule has 182 valence electrons. The van der Waals surface area contributed by atoms with Crippen LogP contribution in [0.5, 0.6) is 5.75 Å². The Morgan fingerprint density at radius 2 is 1.65 bits per heavy atom. The van der Waals surface area contributed by atoms with Gasteiger partial charge in [-0.15, -0.1) is 0 Å². The molecule has 0 radical (unpaired) electrons. The summed E-state index contributed by atoms with van der Waals surface area (Å²) in [7, 11) is -2.54. The summed E-state index contributed by atoms with van der Waals surface area (Å²) in [6, 6.07) is 11.2. The van der Waals surface area contributed by atoms with Crippen molar-refractivity contribution in [3.05, 3.63) is 53.9 Å². The van der Waals surface area contributed by atoms with Crippen LogP contribution in [0.1, 0.15) is 57.8 Å². The van der Waals surface area contributed by atoms with Gasteiger partial charge < -0.3 is 14.6 Å². The lowest BCUT2D eigenvalue weighted by Crippen LogP contribution is -2.40. The van der Waals surface area contributed by atoms with Crippen LogP contribution in [0.3, 0.4) is 0 Å². The van der Waals surface area contributed by atoms with Gasteiger partial charge in [0.05, 0.1) is 7.11 Å². The van der Waals surface area contributed by atoms with Gasteiger partial charge in [0, 0.05) is 27.8 Å². The third-order valence-corrected chi connectivity index (χ3v) is 6.40. The monoisotopic (exact) mass is 486 g/mol. The van der Waals surface area contributed by atoms with Crippen molar-refractivity contribution in [1.82, 2.24) is 14.9 Å². The number of nitrogens with one attached hydrogen (secondary N) is 2. The fraction of sp³-hybridized carbons (Fsp3) is 0.375. The summed E-state index contributed by atoms with van der Waals surface area (Å²) in [5.74, 6) is 0.676. The van der Waals surface area contributed by atoms with Gasteiger partial charge in [-0.2, -0.15) is 4.98 Å². The van der Waals surface area contributed by atoms with Gasteiger partial charge >= 0.3 is 0 Å². The van der Waals surface area contributed by atoms with Crippen molar-refractivity contribution in [1.29, 1.82) is 0 Å². The van der Waals surface area contributed by atoms with Crippen LogP contribution in [0.4, 0.5) is 5.69 Å². The molecule has 1 heterocycles. The van der Waals surface area contributed by atoms with Gasteiger partial charge in [-0.1, -0.05) is 25.9 Å². The molecule has 2 aromatic carbocycles. The van der Waals surface area contributed by atoms with E-state index < -0.39 is 21.5 Å². The molecule has 3 rings (SSSR count). The zero-order valence-corrected chi connectivity index (χ0v) is 21.2. The minimum absolute atomic E-state index is 0.111. The molecule has 0 saturated carbocycles. The smallest absolute Gasteiger partial charge is 0.255 e. The summed E-state index contributed by atoms with van der Waals surface area (Å²) in [5.41, 5.74) is 0.486. The highest BCUT2D eigenvalue weighted by Crippen LogP contribution is 2.27. The van der Waals surface area contributed by atoms with Gasteiger partial charge in [0.25, 0.3) is 5.91 Å². The van der Waals surface area contributed by atoms with E-state index in [2.05, 4.69) is 20.2 Å². The average molecular weight is 487 g/mol. The fourth-order valence-corrected chi connectivity index (χ4v) is 4.65. The van der Waals surface area contributed by atoms with Gasteiger partial charge in [0.2, 0.25) is 21.7 Å². The fourth-order valence-electron chi connectivity index (χ4n) is 3.04. The van der Waals surface area contributed by atoms with E-state index >= 15 is 0 Å². The summed E-state index contributed by atoms with van der Waals surface area (Å²) in [4.78, 5) is 17.2. The number of sulfonamides is 1. The van der Waals surface area contributed by atoms with Crippen molar-refractivity contribution in [2.24, 2.45) is 0 Å². The highest BCUT2D eigenvalue weighted by Gasteiger charge is 2.26. The number of hydrogen-bond donors (Lipinski definition) is 2. The molecule has 0 fully saturated rings. The Balaban J connectivity index is 1.81. The molecule has 10 heteroatoms. The first-order chi connectivity index (χ1) is 15.7. The van der Waals surface area contributed by atoms with Gasteiger partial charge in [-0.3, -0.25) is 4.79 Å². The van der Waals surface area contributed by atoms with Crippen molar-refractivity contribution < 1.29 is 22.5 Å². The lowest BCUT2D eigenvalue weighted by atomic mass is 9.97. The van der Waals surface area contributed by atoms with Crippen LogP contribution in [0.15, 0.2) is 51.9 Å². The third kappa shape index (κ3) is 6.00. The molecule has 3 aromatic rings. The summed E-state index contributed by atoms with van der Waals surface area (Å²) in [5, 5.41) is 6.79. The molecule has 2 N–H and O–H groups in total. The molecule has 0 saturated heterocycles. The topological polar surface area (TPSA) is 123 Å². The van der Waals surface area contributed by atoms with Crippen LogP contribution >= 0.6 is 0 Å². The van der Waals surface area contributed by atoms with Gasteiger partial charge in [-0.25, -0.2) is 13.1 Å². The number of nitrogens with zero attached hydrogens (tertiary/aromatic N) is 2. The van der Waals surface area contributed by atoms with Crippen molar-refractivity contribution in [2.75, 3.05) is 12.4 Å². The first-order valence-corrected chi connectivity index (χ1v) is 12.2. The Kier molecular flexibility index (Phi) is 6.86. The maximum absolute atomic E-state index is 12.9. The number of anilines is 1. The predicted octanol–water partition coefficient (Wildman–Crippen LogP) is 4.37. The number of carbonyl (C=O) groups excluding carboxylic acids is 1. The van der Waals surface area contributed by atoms with Gasteiger partial charge in [0.15, 0.2) is 0 Å². The number of methoxy groups -OCH3 is 1. The van der Waals surface area contributed by atoms with Crippen LogP contribution in [0.2, 0.25) is 0 Å². The van der Waals surface area contributed by atoms with E-state index in [1.54, 1.807) is 45.0 Å². The molecule has 0 aliphatic heterocycles. The lowest BCUT2D eigenvalue weighted by Gasteiger charge is -2.21. The molecule has 1 amide bonds. The molecule has 34 heavy (non-hydrogen) atoms. The average Bonchev–Trinajstić information content (AvgIpc) is 3.23. The van der Waals surface area contributed by atoms with Gasteiger partial charge in [0.1, 0.15) is 10.6 Å². The Bertz CT molecular complexity index is 1280. The summed E-state index contributed by atoms with van der Waals surface area (Å²) in [6.07, 6.45) is 0. The first-order valence-electron chi connectivity index (χ1n) is 10.7. The zero-order chi connectivity index (χ0) is 25.3. The number of ether oxygens (including phenoxy) is 1. The molecule has 0 spiro atoms. The minimum atomic E-state index is -3.91. The van der Waals surface area contributed by atoms with Crippen LogP contribution < -0.4 is 14.8 Å². The Morgan fingerprint density at radius 1 is 1.00 bits per heavy atom. The maximum Gasteiger partial charge on any atom is 0.255 e. The van der Waals surface area contributed by atoms with E-state index in [4.69, 9.17) is 9.26 Å². The van der Waals surface area contributed by atoms with Crippen LogP contribution in [0, 0.1) is 0 Å². The quantitative estimate of drug-likeness (QED) is 0.530. The van der Waals surface area contributed by atoms with E-state index in [1.165, 1.54) is 25.3 Å². The molecule has 0 bridgehead atoms. The summed E-state index contributed by atoms with van der Waals surface area (Å²) >= 11 is 0. The molecule has 9 nitrogen and oxygen atoms in total. The molecule has 0 aliphatic carbocycles. The Labute approximate surface area is 200 Å². The van der Waals surface area contributed by atoms with Crippen molar-refractivity contribution in [3.8, 4) is 17.1 Å². The number of hydrogen-bond acceptors (Lipinski definition) is 7. The lowest BCUT2D eigenvalue weighted by molar-refractivity contribution is 0.102. The predicted molar refractivity (Wildman–Crippen MR) is 129 cm³/mol. The van der Waals surface area contributed by atoms with Gasteiger partial charge in [-0.05, 0) is 63.2 Å². The van der Waals surface area contributed by atoms with Crippen molar-refractivity contribution in [3.63, 3.8) is 0 Å². The van der Waals surface area contributed by atoms with Crippen LogP contribution in [-0.2, 0) is 15.4 Å². The van der Waals surface area contributed by atoms with E-state index in [0.717, 1.165) is 5.56 Å². The Morgan fingerprint density at radius 3 is 2.18 bits per heavy atom. The number of amides is 1. The number of carbonyl (C=O) groups is 1. The zero-order valence-electron chi connectivity index (χ0n) is 20.4. The molecule has 0 unspecified atom stereocenters. The molecular formula is C24H30N4O5S. The third-order valence-electron chi connectivity index (χ3n) is 4.62. The molecule has 0 atom stereocenters. The van der Waals surface area contributed by atoms with E-state index in [0.29, 0.717) is 17.4 Å². The number of benzene rings is 2. The highest BCUT2D eigenvalue weighted by molar-refractivity contribution is 7.89. The van der Waals surface area contributed by atoms with E-state index in [-0.39, 0.29) is 21.6 Å². The SMILES string of the molecule is COc1ccc(C(=O)Nc2ccc(-c3noc(C(C)(C)C)n3)cc2)cc1S(=O)(=O)NC(C)(C)C. The minimum Gasteiger partial charge on any atom is -0.495 e. The summed E-state index contributed by atoms with van der Waals surface area (Å²) < 4.78 is 38.8. The molecule has 1 aromatic heterocycles. The number of rotatable bonds is 6. The highest BCUT2D eigenvalue weighted by atomic mass is 32.2.